The molecule has 0 atom stereocenters. The van der Waals surface area contributed by atoms with Crippen LogP contribution in [0.3, 0.4) is 0 Å². The van der Waals surface area contributed by atoms with E-state index in [1.165, 1.54) is 12.1 Å². The fourth-order valence-electron chi connectivity index (χ4n) is 1.90. The van der Waals surface area contributed by atoms with Crippen molar-refractivity contribution in [3.63, 3.8) is 0 Å². The van der Waals surface area contributed by atoms with Crippen LogP contribution < -0.4 is 0 Å². The van der Waals surface area contributed by atoms with Crippen LogP contribution in [0.5, 0.6) is 0 Å². The quantitative estimate of drug-likeness (QED) is 0.503. The van der Waals surface area contributed by atoms with E-state index >= 15 is 0 Å². The van der Waals surface area contributed by atoms with E-state index in [0.29, 0.717) is 5.56 Å². The van der Waals surface area contributed by atoms with Gasteiger partial charge in [0.1, 0.15) is 10.0 Å². The van der Waals surface area contributed by atoms with Crippen molar-refractivity contribution in [2.75, 3.05) is 0 Å². The molecule has 0 spiro atoms. The van der Waals surface area contributed by atoms with Crippen molar-refractivity contribution in [3.05, 3.63) is 68.2 Å². The molecule has 3 aromatic rings. The Balaban J connectivity index is 1.92. The van der Waals surface area contributed by atoms with Crippen molar-refractivity contribution in [1.82, 2.24) is 4.98 Å². The number of thiazole rings is 1. The smallest absolute Gasteiger partial charge is 0.258 e. The first-order valence-electron chi connectivity index (χ1n) is 6.11. The van der Waals surface area contributed by atoms with Gasteiger partial charge in [0.25, 0.3) is 5.69 Å². The molecular formula is C15H9ClN2O2S. The summed E-state index contributed by atoms with van der Waals surface area (Å²) in [6, 6.07) is 12.6. The van der Waals surface area contributed by atoms with Gasteiger partial charge in [0.15, 0.2) is 0 Å². The average Bonchev–Trinajstić information content (AvgIpc) is 2.89. The number of benzene rings is 2. The predicted molar refractivity (Wildman–Crippen MR) is 86.7 cm³/mol. The maximum atomic E-state index is 10.9. The summed E-state index contributed by atoms with van der Waals surface area (Å²) in [7, 11) is 0. The molecule has 0 bridgehead atoms. The SMILES string of the molecule is O=[N+]([O-])c1cc(/C=C/c2nc3ccccc3s2)ccc1Cl. The van der Waals surface area contributed by atoms with Crippen molar-refractivity contribution in [1.29, 1.82) is 0 Å². The highest BCUT2D eigenvalue weighted by molar-refractivity contribution is 7.19. The van der Waals surface area contributed by atoms with Gasteiger partial charge < -0.3 is 0 Å². The van der Waals surface area contributed by atoms with Crippen LogP contribution in [0.25, 0.3) is 22.4 Å². The highest BCUT2D eigenvalue weighted by atomic mass is 35.5. The number of rotatable bonds is 3. The lowest BCUT2D eigenvalue weighted by atomic mass is 10.2. The van der Waals surface area contributed by atoms with Gasteiger partial charge >= 0.3 is 0 Å². The van der Waals surface area contributed by atoms with E-state index in [2.05, 4.69) is 4.98 Å². The van der Waals surface area contributed by atoms with E-state index in [4.69, 9.17) is 11.6 Å². The van der Waals surface area contributed by atoms with Crippen LogP contribution in [0.4, 0.5) is 5.69 Å². The third-order valence-electron chi connectivity index (χ3n) is 2.90. The Morgan fingerprint density at radius 2 is 2.00 bits per heavy atom. The number of para-hydroxylation sites is 1. The van der Waals surface area contributed by atoms with Crippen molar-refractivity contribution >= 4 is 51.0 Å². The number of halogens is 1. The Labute approximate surface area is 129 Å². The van der Waals surface area contributed by atoms with Crippen LogP contribution in [0.2, 0.25) is 5.02 Å². The van der Waals surface area contributed by atoms with Gasteiger partial charge in [-0.15, -0.1) is 11.3 Å². The largest absolute Gasteiger partial charge is 0.288 e. The number of nitro groups is 1. The zero-order chi connectivity index (χ0) is 14.8. The highest BCUT2D eigenvalue weighted by Crippen LogP contribution is 2.27. The molecule has 0 radical (unpaired) electrons. The molecule has 0 saturated heterocycles. The topological polar surface area (TPSA) is 56.0 Å². The molecule has 0 aliphatic rings. The van der Waals surface area contributed by atoms with Crippen molar-refractivity contribution in [3.8, 4) is 0 Å². The molecule has 4 nitrogen and oxygen atoms in total. The molecule has 0 fully saturated rings. The van der Waals surface area contributed by atoms with Crippen LogP contribution >= 0.6 is 22.9 Å². The standard InChI is InChI=1S/C15H9ClN2O2S/c16-11-7-5-10(9-13(11)18(19)20)6-8-15-17-12-3-1-2-4-14(12)21-15/h1-9H/b8-6+. The lowest BCUT2D eigenvalue weighted by Gasteiger charge is -1.96. The number of nitro benzene ring substituents is 1. The molecule has 6 heteroatoms. The molecule has 1 aromatic heterocycles. The molecule has 3 rings (SSSR count). The number of hydrogen-bond donors (Lipinski definition) is 0. The van der Waals surface area contributed by atoms with Gasteiger partial charge in [-0.3, -0.25) is 10.1 Å². The second kappa shape index (κ2) is 5.63. The molecule has 0 unspecified atom stereocenters. The van der Waals surface area contributed by atoms with E-state index < -0.39 is 4.92 Å². The molecule has 2 aromatic carbocycles. The molecule has 21 heavy (non-hydrogen) atoms. The van der Waals surface area contributed by atoms with Gasteiger partial charge in [-0.2, -0.15) is 0 Å². The Hall–Kier alpha value is -2.24. The fraction of sp³-hybridized carbons (Fsp3) is 0. The van der Waals surface area contributed by atoms with E-state index in [1.807, 2.05) is 30.3 Å². The fourth-order valence-corrected chi connectivity index (χ4v) is 2.96. The molecule has 1 heterocycles. The minimum Gasteiger partial charge on any atom is -0.258 e. The predicted octanol–water partition coefficient (Wildman–Crippen LogP) is 5.03. The molecule has 0 aliphatic heterocycles. The monoisotopic (exact) mass is 316 g/mol. The van der Waals surface area contributed by atoms with Crippen molar-refractivity contribution < 1.29 is 4.92 Å². The number of aromatic nitrogens is 1. The summed E-state index contributed by atoms with van der Waals surface area (Å²) in [6.07, 6.45) is 3.64. The number of fused-ring (bicyclic) bond motifs is 1. The zero-order valence-electron chi connectivity index (χ0n) is 10.7. The lowest BCUT2D eigenvalue weighted by molar-refractivity contribution is -0.384. The summed E-state index contributed by atoms with van der Waals surface area (Å²) in [5.41, 5.74) is 1.57. The minimum atomic E-state index is -0.489. The van der Waals surface area contributed by atoms with Crippen LogP contribution in [0, 0.1) is 10.1 Å². The first-order valence-corrected chi connectivity index (χ1v) is 7.30. The normalized spacial score (nSPS) is 11.3. The summed E-state index contributed by atoms with van der Waals surface area (Å²) in [6.45, 7) is 0. The summed E-state index contributed by atoms with van der Waals surface area (Å²) in [4.78, 5) is 14.8. The van der Waals surface area contributed by atoms with Gasteiger partial charge in [0.05, 0.1) is 15.1 Å². The zero-order valence-corrected chi connectivity index (χ0v) is 12.3. The van der Waals surface area contributed by atoms with E-state index in [1.54, 1.807) is 23.5 Å². The number of hydrogen-bond acceptors (Lipinski definition) is 4. The van der Waals surface area contributed by atoms with E-state index in [-0.39, 0.29) is 10.7 Å². The first kappa shape index (κ1) is 13.7. The second-order valence-corrected chi connectivity index (χ2v) is 5.79. The van der Waals surface area contributed by atoms with Crippen molar-refractivity contribution in [2.45, 2.75) is 0 Å². The molecule has 0 amide bonds. The van der Waals surface area contributed by atoms with Gasteiger partial charge in [-0.25, -0.2) is 4.98 Å². The first-order chi connectivity index (χ1) is 10.1. The van der Waals surface area contributed by atoms with Crippen LogP contribution in [0.1, 0.15) is 10.6 Å². The Morgan fingerprint density at radius 3 is 2.76 bits per heavy atom. The molecule has 0 aliphatic carbocycles. The Morgan fingerprint density at radius 1 is 1.19 bits per heavy atom. The maximum absolute atomic E-state index is 10.9. The van der Waals surface area contributed by atoms with E-state index in [9.17, 15) is 10.1 Å². The third kappa shape index (κ3) is 2.94. The van der Waals surface area contributed by atoms with Gasteiger partial charge in [-0.1, -0.05) is 35.9 Å². The minimum absolute atomic E-state index is 0.0943. The molecule has 0 N–H and O–H groups in total. The second-order valence-electron chi connectivity index (χ2n) is 4.32. The maximum Gasteiger partial charge on any atom is 0.288 e. The van der Waals surface area contributed by atoms with Gasteiger partial charge in [0.2, 0.25) is 0 Å². The third-order valence-corrected chi connectivity index (χ3v) is 4.22. The summed E-state index contributed by atoms with van der Waals surface area (Å²) >= 11 is 7.36. The number of nitrogens with zero attached hydrogens (tertiary/aromatic N) is 2. The van der Waals surface area contributed by atoms with Crippen LogP contribution in [-0.4, -0.2) is 9.91 Å². The van der Waals surface area contributed by atoms with Crippen molar-refractivity contribution in [2.24, 2.45) is 0 Å². The Bertz CT molecular complexity index is 825. The molecular weight excluding hydrogens is 308 g/mol. The Kier molecular flexibility index (Phi) is 3.68. The summed E-state index contributed by atoms with van der Waals surface area (Å²) in [5.74, 6) is 0. The summed E-state index contributed by atoms with van der Waals surface area (Å²) in [5, 5.41) is 11.8. The van der Waals surface area contributed by atoms with Gasteiger partial charge in [-0.05, 0) is 29.8 Å². The highest BCUT2D eigenvalue weighted by Gasteiger charge is 2.11. The average molecular weight is 317 g/mol. The molecule has 104 valence electrons. The van der Waals surface area contributed by atoms with Gasteiger partial charge in [0, 0.05) is 6.07 Å². The van der Waals surface area contributed by atoms with E-state index in [0.717, 1.165) is 15.2 Å². The molecule has 0 saturated carbocycles. The van der Waals surface area contributed by atoms with Crippen LogP contribution in [0.15, 0.2) is 42.5 Å². The summed E-state index contributed by atoms with van der Waals surface area (Å²) < 4.78 is 1.11. The lowest BCUT2D eigenvalue weighted by Crippen LogP contribution is -1.89. The van der Waals surface area contributed by atoms with Crippen LogP contribution in [-0.2, 0) is 0 Å².